The molecule has 3 aromatic rings. The van der Waals surface area contributed by atoms with E-state index in [0.29, 0.717) is 35.8 Å². The number of fused-ring (bicyclic) bond motifs is 1. The SMILES string of the molecule is COc1cc2ncnc([As]c3cc(Cl)ccc3CNC(=O)CCCNC(=O)OC(C)(C)C)c2cc1O. The van der Waals surface area contributed by atoms with Crippen molar-refractivity contribution in [2.75, 3.05) is 13.7 Å². The first-order chi connectivity index (χ1) is 17.1. The number of aromatic nitrogens is 2. The van der Waals surface area contributed by atoms with Crippen molar-refractivity contribution in [3.05, 3.63) is 47.2 Å². The van der Waals surface area contributed by atoms with Crippen LogP contribution in [0.2, 0.25) is 5.02 Å². The number of benzene rings is 2. The number of nitrogens with zero attached hydrogens (tertiary/aromatic N) is 2. The molecule has 0 bridgehead atoms. The second-order valence-electron chi connectivity index (χ2n) is 8.93. The summed E-state index contributed by atoms with van der Waals surface area (Å²) in [4.78, 5) is 32.8. The summed E-state index contributed by atoms with van der Waals surface area (Å²) in [7, 11) is 1.49. The Morgan fingerprint density at radius 3 is 2.64 bits per heavy atom. The van der Waals surface area contributed by atoms with Gasteiger partial charge < -0.3 is 0 Å². The van der Waals surface area contributed by atoms with Crippen LogP contribution in [-0.4, -0.2) is 62.1 Å². The van der Waals surface area contributed by atoms with Gasteiger partial charge in [0, 0.05) is 0 Å². The Morgan fingerprint density at radius 2 is 1.92 bits per heavy atom. The van der Waals surface area contributed by atoms with E-state index in [9.17, 15) is 14.7 Å². The fraction of sp³-hybridized carbons (Fsp3) is 0.360. The van der Waals surface area contributed by atoms with Crippen LogP contribution in [0, 0.1) is 0 Å². The van der Waals surface area contributed by atoms with Crippen molar-refractivity contribution < 1.29 is 24.2 Å². The number of amides is 2. The summed E-state index contributed by atoms with van der Waals surface area (Å²) in [5, 5.41) is 17.2. The Kier molecular flexibility index (Phi) is 9.40. The second kappa shape index (κ2) is 12.3. The molecule has 1 heterocycles. The minimum absolute atomic E-state index is 0.0157. The molecule has 36 heavy (non-hydrogen) atoms. The average molecular weight is 576 g/mol. The van der Waals surface area contributed by atoms with Crippen LogP contribution >= 0.6 is 11.6 Å². The fourth-order valence-corrected chi connectivity index (χ4v) is 5.98. The zero-order valence-corrected chi connectivity index (χ0v) is 23.2. The van der Waals surface area contributed by atoms with Crippen LogP contribution in [0.5, 0.6) is 11.5 Å². The molecule has 0 aliphatic heterocycles. The summed E-state index contributed by atoms with van der Waals surface area (Å²) in [5.41, 5.74) is 1.04. The van der Waals surface area contributed by atoms with Gasteiger partial charge in [-0.1, -0.05) is 0 Å². The zero-order valence-electron chi connectivity index (χ0n) is 20.6. The Morgan fingerprint density at radius 1 is 1.14 bits per heavy atom. The maximum absolute atomic E-state index is 12.4. The van der Waals surface area contributed by atoms with Crippen molar-refractivity contribution in [2.24, 2.45) is 0 Å². The van der Waals surface area contributed by atoms with Crippen LogP contribution in [0.15, 0.2) is 36.7 Å². The van der Waals surface area contributed by atoms with Gasteiger partial charge in [-0.3, -0.25) is 0 Å². The average Bonchev–Trinajstić information content (AvgIpc) is 2.80. The van der Waals surface area contributed by atoms with Gasteiger partial charge in [-0.05, 0) is 20.8 Å². The number of hydrogen-bond donors (Lipinski definition) is 3. The van der Waals surface area contributed by atoms with Crippen molar-refractivity contribution in [3.63, 3.8) is 0 Å². The van der Waals surface area contributed by atoms with Crippen molar-refractivity contribution >= 4 is 59.1 Å². The summed E-state index contributed by atoms with van der Waals surface area (Å²) >= 11 is 5.65. The molecule has 0 atom stereocenters. The van der Waals surface area contributed by atoms with E-state index in [1.807, 2.05) is 12.1 Å². The first kappa shape index (κ1) is 27.6. The molecule has 191 valence electrons. The van der Waals surface area contributed by atoms with Crippen molar-refractivity contribution in [1.82, 2.24) is 20.6 Å². The molecule has 3 N–H and O–H groups in total. The number of hydrogen-bond acceptors (Lipinski definition) is 7. The molecule has 11 heteroatoms. The van der Waals surface area contributed by atoms with Gasteiger partial charge in [0.2, 0.25) is 0 Å². The van der Waals surface area contributed by atoms with Gasteiger partial charge >= 0.3 is 201 Å². The van der Waals surface area contributed by atoms with Gasteiger partial charge in [-0.25, -0.2) is 0 Å². The number of rotatable bonds is 9. The Hall–Kier alpha value is -3.03. The van der Waals surface area contributed by atoms with E-state index in [0.717, 1.165) is 19.8 Å². The van der Waals surface area contributed by atoms with Gasteiger partial charge in [0.25, 0.3) is 0 Å². The van der Waals surface area contributed by atoms with E-state index in [1.165, 1.54) is 13.4 Å². The van der Waals surface area contributed by atoms with Gasteiger partial charge in [0.05, 0.1) is 0 Å². The second-order valence-corrected chi connectivity index (χ2v) is 11.7. The van der Waals surface area contributed by atoms with Crippen LogP contribution in [0.1, 0.15) is 39.2 Å². The number of phenolic OH excluding ortho intramolecular Hbond substituents is 1. The number of carbonyl (C=O) groups is 2. The molecule has 2 aromatic carbocycles. The van der Waals surface area contributed by atoms with Crippen molar-refractivity contribution in [2.45, 2.75) is 45.8 Å². The summed E-state index contributed by atoms with van der Waals surface area (Å²) in [6.07, 6.45) is 1.75. The number of phenols is 1. The molecule has 0 unspecified atom stereocenters. The third kappa shape index (κ3) is 8.00. The Balaban J connectivity index is 1.62. The summed E-state index contributed by atoms with van der Waals surface area (Å²) < 4.78 is 12.1. The normalized spacial score (nSPS) is 11.6. The van der Waals surface area contributed by atoms with Crippen molar-refractivity contribution in [3.8, 4) is 11.5 Å². The summed E-state index contributed by atoms with van der Waals surface area (Å²) in [6, 6.07) is 8.84. The fourth-order valence-electron chi connectivity index (χ4n) is 3.25. The van der Waals surface area contributed by atoms with Crippen LogP contribution in [-0.2, 0) is 16.1 Å². The Labute approximate surface area is 221 Å². The summed E-state index contributed by atoms with van der Waals surface area (Å²) in [6.45, 7) is 6.06. The van der Waals surface area contributed by atoms with Gasteiger partial charge in [-0.15, -0.1) is 0 Å². The van der Waals surface area contributed by atoms with Gasteiger partial charge in [0.1, 0.15) is 0 Å². The minimum atomic E-state index is -0.623. The van der Waals surface area contributed by atoms with Crippen molar-refractivity contribution in [1.29, 1.82) is 0 Å². The molecular formula is C25H29AsClN4O5. The van der Waals surface area contributed by atoms with Crippen LogP contribution < -0.4 is 24.2 Å². The van der Waals surface area contributed by atoms with E-state index in [1.54, 1.807) is 39.0 Å². The number of nitrogens with one attached hydrogen (secondary N) is 2. The monoisotopic (exact) mass is 575 g/mol. The third-order valence-electron chi connectivity index (χ3n) is 4.91. The molecule has 0 spiro atoms. The van der Waals surface area contributed by atoms with Gasteiger partial charge in [0.15, 0.2) is 0 Å². The first-order valence-corrected chi connectivity index (χ1v) is 13.6. The predicted molar refractivity (Wildman–Crippen MR) is 140 cm³/mol. The van der Waals surface area contributed by atoms with E-state index in [2.05, 4.69) is 20.6 Å². The van der Waals surface area contributed by atoms with Gasteiger partial charge in [-0.2, -0.15) is 0 Å². The van der Waals surface area contributed by atoms with E-state index >= 15 is 0 Å². The number of carbonyl (C=O) groups excluding carboxylic acids is 2. The number of methoxy groups -OCH3 is 1. The molecule has 0 aliphatic rings. The van der Waals surface area contributed by atoms with E-state index in [-0.39, 0.29) is 18.1 Å². The number of aromatic hydroxyl groups is 1. The van der Waals surface area contributed by atoms with E-state index < -0.39 is 27.4 Å². The molecule has 0 fully saturated rings. The van der Waals surface area contributed by atoms with Crippen LogP contribution in [0.4, 0.5) is 4.79 Å². The molecule has 1 radical (unpaired) electrons. The Bertz CT molecular complexity index is 1250. The van der Waals surface area contributed by atoms with E-state index in [4.69, 9.17) is 21.1 Å². The molecule has 0 aliphatic carbocycles. The molecule has 9 nitrogen and oxygen atoms in total. The standard InChI is InChI=1S/C25H29AsClN4O5/c1-25(2,3)36-24(34)28-9-5-6-22(33)29-13-15-7-8-16(27)10-18(15)26-23-17-11-20(32)21(35-4)12-19(17)30-14-31-23/h7-8,10-12,14,32H,5-6,9,13H2,1-4H3,(H,28,34)(H,29,33). The molecule has 2 amide bonds. The molecule has 3 rings (SSSR count). The molecule has 1 aromatic heterocycles. The number of halogens is 1. The third-order valence-corrected chi connectivity index (χ3v) is 7.72. The number of ether oxygens (including phenoxy) is 2. The predicted octanol–water partition coefficient (Wildman–Crippen LogP) is 2.57. The quantitative estimate of drug-likeness (QED) is 0.265. The zero-order chi connectivity index (χ0) is 26.3. The molecule has 0 saturated carbocycles. The van der Waals surface area contributed by atoms with Crippen LogP contribution in [0.3, 0.4) is 0 Å². The summed E-state index contributed by atoms with van der Waals surface area (Å²) in [5.74, 6) is 0.237. The van der Waals surface area contributed by atoms with Crippen LogP contribution in [0.25, 0.3) is 10.9 Å². The maximum atomic E-state index is 12.4. The molecular weight excluding hydrogens is 547 g/mol. The topological polar surface area (TPSA) is 123 Å². The molecule has 0 saturated heterocycles. The number of alkyl carbamates (subject to hydrolysis) is 1. The first-order valence-electron chi connectivity index (χ1n) is 11.3.